The Hall–Kier alpha value is -3.62. The minimum Gasteiger partial charge on any atom is -0.481 e. The number of aromatic nitrogens is 2. The summed E-state index contributed by atoms with van der Waals surface area (Å²) in [5.41, 5.74) is 1.97. The molecule has 37 heavy (non-hydrogen) atoms. The highest BCUT2D eigenvalue weighted by Gasteiger charge is 2.24. The number of allylic oxidation sites excluding steroid dienone is 1. The molecule has 0 amide bonds. The molecule has 1 heterocycles. The quantitative estimate of drug-likeness (QED) is 0.213. The number of carbonyl (C=O) groups excluding carboxylic acids is 2. The molecule has 0 saturated carbocycles. The number of halogens is 2. The van der Waals surface area contributed by atoms with Gasteiger partial charge in [0, 0.05) is 19.2 Å². The van der Waals surface area contributed by atoms with Crippen molar-refractivity contribution in [2.75, 3.05) is 33.3 Å². The molecule has 0 N–H and O–H groups in total. The molecule has 10 heteroatoms. The van der Waals surface area contributed by atoms with Crippen LogP contribution in [0, 0.1) is 5.92 Å². The Labute approximate surface area is 225 Å². The molecular weight excluding hydrogens is 517 g/mol. The third-order valence-corrected chi connectivity index (χ3v) is 6.23. The zero-order valence-corrected chi connectivity index (χ0v) is 22.4. The fraction of sp³-hybridized carbons (Fsp3) is 0.259. The van der Waals surface area contributed by atoms with E-state index in [0.29, 0.717) is 24.1 Å². The number of esters is 1. The van der Waals surface area contributed by atoms with E-state index in [-0.39, 0.29) is 27.8 Å². The Morgan fingerprint density at radius 2 is 1.57 bits per heavy atom. The lowest BCUT2D eigenvalue weighted by Gasteiger charge is -2.18. The van der Waals surface area contributed by atoms with Crippen molar-refractivity contribution in [2.24, 2.45) is 5.92 Å². The highest BCUT2D eigenvalue weighted by molar-refractivity contribution is 6.39. The molecule has 8 nitrogen and oxygen atoms in total. The molecule has 0 bridgehead atoms. The maximum atomic E-state index is 12.8. The SMILES string of the molecule is COC(=O)C(C/C=C/c1ccc(N(C)c2nc(OC)cc(OC)n2)cc1)CC(=O)c1c(Cl)cccc1Cl. The topological polar surface area (TPSA) is 90.8 Å². The van der Waals surface area contributed by atoms with Crippen LogP contribution in [0.1, 0.15) is 28.8 Å². The Balaban J connectivity index is 1.69. The lowest BCUT2D eigenvalue weighted by molar-refractivity contribution is -0.145. The highest BCUT2D eigenvalue weighted by atomic mass is 35.5. The van der Waals surface area contributed by atoms with Gasteiger partial charge in [-0.05, 0) is 36.2 Å². The standard InChI is InChI=1S/C27H27Cl2N3O5/c1-32(27-30-23(35-2)16-24(31-27)36-3)19-13-11-17(12-14-19)7-5-8-18(26(34)37-4)15-22(33)25-20(28)9-6-10-21(25)29/h5-7,9-14,16,18H,8,15H2,1-4H3/b7-5+. The van der Waals surface area contributed by atoms with Crippen LogP contribution in [0.25, 0.3) is 6.08 Å². The largest absolute Gasteiger partial charge is 0.481 e. The molecule has 3 rings (SSSR count). The van der Waals surface area contributed by atoms with Crippen LogP contribution >= 0.6 is 23.2 Å². The molecule has 2 aromatic carbocycles. The molecular formula is C27H27Cl2N3O5. The Morgan fingerprint density at radius 3 is 2.11 bits per heavy atom. The summed E-state index contributed by atoms with van der Waals surface area (Å²) in [7, 11) is 6.18. The molecule has 0 radical (unpaired) electrons. The van der Waals surface area contributed by atoms with Gasteiger partial charge in [-0.15, -0.1) is 0 Å². The summed E-state index contributed by atoms with van der Waals surface area (Å²) in [4.78, 5) is 35.7. The molecule has 194 valence electrons. The van der Waals surface area contributed by atoms with Gasteiger partial charge in [-0.25, -0.2) is 0 Å². The van der Waals surface area contributed by atoms with Gasteiger partial charge in [0.25, 0.3) is 0 Å². The van der Waals surface area contributed by atoms with Gasteiger partial charge < -0.3 is 19.1 Å². The maximum absolute atomic E-state index is 12.8. The van der Waals surface area contributed by atoms with Crippen molar-refractivity contribution in [3.05, 3.63) is 75.8 Å². The van der Waals surface area contributed by atoms with E-state index in [2.05, 4.69) is 9.97 Å². The summed E-state index contributed by atoms with van der Waals surface area (Å²) in [6.07, 6.45) is 3.93. The third-order valence-electron chi connectivity index (χ3n) is 5.60. The second-order valence-electron chi connectivity index (χ2n) is 7.99. The van der Waals surface area contributed by atoms with Crippen LogP contribution < -0.4 is 14.4 Å². The van der Waals surface area contributed by atoms with Gasteiger partial charge in [-0.1, -0.05) is 53.6 Å². The van der Waals surface area contributed by atoms with E-state index in [1.807, 2.05) is 43.5 Å². The molecule has 0 aliphatic carbocycles. The van der Waals surface area contributed by atoms with E-state index in [9.17, 15) is 9.59 Å². The number of hydrogen-bond acceptors (Lipinski definition) is 8. The number of benzene rings is 2. The monoisotopic (exact) mass is 543 g/mol. The molecule has 3 aromatic rings. The minimum absolute atomic E-state index is 0.0752. The summed E-state index contributed by atoms with van der Waals surface area (Å²) in [5, 5.41) is 0.499. The molecule has 0 fully saturated rings. The number of hydrogen-bond donors (Lipinski definition) is 0. The number of Topliss-reactive ketones (excluding diaryl/α,β-unsaturated/α-hetero) is 1. The molecule has 1 aromatic heterocycles. The summed E-state index contributed by atoms with van der Waals surface area (Å²) in [5.74, 6) is -0.266. The van der Waals surface area contributed by atoms with Crippen LogP contribution in [0.3, 0.4) is 0 Å². The first kappa shape index (κ1) is 28.0. The van der Waals surface area contributed by atoms with Gasteiger partial charge in [0.05, 0.1) is 48.9 Å². The van der Waals surface area contributed by atoms with Crippen LogP contribution in [0.5, 0.6) is 11.8 Å². The predicted octanol–water partition coefficient (Wildman–Crippen LogP) is 6.03. The van der Waals surface area contributed by atoms with Gasteiger partial charge in [0.2, 0.25) is 17.7 Å². The van der Waals surface area contributed by atoms with E-state index in [1.165, 1.54) is 21.3 Å². The average molecular weight is 544 g/mol. The van der Waals surface area contributed by atoms with Crippen molar-refractivity contribution >= 4 is 52.7 Å². The zero-order chi connectivity index (χ0) is 26.9. The van der Waals surface area contributed by atoms with Crippen LogP contribution in [-0.2, 0) is 9.53 Å². The summed E-state index contributed by atoms with van der Waals surface area (Å²) in [6, 6.07) is 14.1. The van der Waals surface area contributed by atoms with Crippen molar-refractivity contribution < 1.29 is 23.8 Å². The number of methoxy groups -OCH3 is 3. The highest BCUT2D eigenvalue weighted by Crippen LogP contribution is 2.28. The van der Waals surface area contributed by atoms with Crippen LogP contribution in [0.2, 0.25) is 10.0 Å². The molecule has 0 aliphatic heterocycles. The third kappa shape index (κ3) is 7.21. The maximum Gasteiger partial charge on any atom is 0.309 e. The number of ketones is 1. The lowest BCUT2D eigenvalue weighted by atomic mass is 9.95. The fourth-order valence-corrected chi connectivity index (χ4v) is 4.17. The number of rotatable bonds is 11. The summed E-state index contributed by atoms with van der Waals surface area (Å²) in [6.45, 7) is 0. The van der Waals surface area contributed by atoms with E-state index >= 15 is 0 Å². The smallest absolute Gasteiger partial charge is 0.309 e. The second-order valence-corrected chi connectivity index (χ2v) is 8.80. The van der Waals surface area contributed by atoms with E-state index in [1.54, 1.807) is 29.2 Å². The van der Waals surface area contributed by atoms with Gasteiger partial charge >= 0.3 is 5.97 Å². The summed E-state index contributed by atoms with van der Waals surface area (Å²) < 4.78 is 15.3. The van der Waals surface area contributed by atoms with Crippen LogP contribution in [0.4, 0.5) is 11.6 Å². The molecule has 0 aliphatic rings. The number of nitrogens with zero attached hydrogens (tertiary/aromatic N) is 3. The minimum atomic E-state index is -0.674. The fourth-order valence-electron chi connectivity index (χ4n) is 3.56. The van der Waals surface area contributed by atoms with Gasteiger partial charge in [0.1, 0.15) is 0 Å². The first-order valence-electron chi connectivity index (χ1n) is 11.3. The first-order chi connectivity index (χ1) is 17.8. The Bertz CT molecular complexity index is 1240. The van der Waals surface area contributed by atoms with Crippen LogP contribution in [0.15, 0.2) is 54.6 Å². The lowest BCUT2D eigenvalue weighted by Crippen LogP contribution is -2.20. The number of anilines is 2. The number of ether oxygens (including phenoxy) is 3. The predicted molar refractivity (Wildman–Crippen MR) is 144 cm³/mol. The van der Waals surface area contributed by atoms with Crippen LogP contribution in [-0.4, -0.2) is 50.1 Å². The zero-order valence-electron chi connectivity index (χ0n) is 20.9. The Morgan fingerprint density at radius 1 is 0.973 bits per heavy atom. The average Bonchev–Trinajstić information content (AvgIpc) is 2.91. The van der Waals surface area contributed by atoms with Crippen molar-refractivity contribution in [3.8, 4) is 11.8 Å². The normalized spacial score (nSPS) is 11.7. The molecule has 1 atom stereocenters. The second kappa shape index (κ2) is 13.1. The van der Waals surface area contributed by atoms with E-state index in [4.69, 9.17) is 37.4 Å². The van der Waals surface area contributed by atoms with Crippen molar-refractivity contribution in [1.82, 2.24) is 9.97 Å². The first-order valence-corrected chi connectivity index (χ1v) is 12.0. The van der Waals surface area contributed by atoms with Gasteiger partial charge in [-0.3, -0.25) is 9.59 Å². The van der Waals surface area contributed by atoms with E-state index < -0.39 is 11.9 Å². The van der Waals surface area contributed by atoms with Gasteiger partial charge in [0.15, 0.2) is 5.78 Å². The van der Waals surface area contributed by atoms with Crippen molar-refractivity contribution in [3.63, 3.8) is 0 Å². The number of carbonyl (C=O) groups is 2. The summed E-state index contributed by atoms with van der Waals surface area (Å²) >= 11 is 12.3. The van der Waals surface area contributed by atoms with Gasteiger partial charge in [-0.2, -0.15) is 9.97 Å². The molecule has 0 saturated heterocycles. The Kier molecular flexibility index (Phi) is 9.88. The van der Waals surface area contributed by atoms with Crippen molar-refractivity contribution in [2.45, 2.75) is 12.8 Å². The van der Waals surface area contributed by atoms with Crippen molar-refractivity contribution in [1.29, 1.82) is 0 Å². The molecule has 1 unspecified atom stereocenters. The molecule has 0 spiro atoms. The van der Waals surface area contributed by atoms with E-state index in [0.717, 1.165) is 11.3 Å².